The summed E-state index contributed by atoms with van der Waals surface area (Å²) < 4.78 is 5.04. The number of benzene rings is 1. The summed E-state index contributed by atoms with van der Waals surface area (Å²) in [5.41, 5.74) is 3.24. The van der Waals surface area contributed by atoms with Gasteiger partial charge in [0.25, 0.3) is 0 Å². The number of amides is 1. The lowest BCUT2D eigenvalue weighted by atomic mass is 10.1. The molecule has 1 fully saturated rings. The van der Waals surface area contributed by atoms with Crippen LogP contribution in [-0.4, -0.2) is 30.1 Å². The molecule has 0 spiro atoms. The SMILES string of the molecule is Cc1[nH]c2ccccc2c1CC(=O)NC1COC1. The highest BCUT2D eigenvalue weighted by Gasteiger charge is 2.21. The fraction of sp³-hybridized carbons (Fsp3) is 0.357. The van der Waals surface area contributed by atoms with Gasteiger partial charge >= 0.3 is 0 Å². The quantitative estimate of drug-likeness (QED) is 0.860. The van der Waals surface area contributed by atoms with Gasteiger partial charge in [-0.3, -0.25) is 4.79 Å². The Morgan fingerprint density at radius 3 is 2.94 bits per heavy atom. The average Bonchev–Trinajstić information content (AvgIpc) is 2.61. The van der Waals surface area contributed by atoms with Gasteiger partial charge in [0.1, 0.15) is 0 Å². The van der Waals surface area contributed by atoms with Crippen LogP contribution in [0.25, 0.3) is 10.9 Å². The first-order valence-electron chi connectivity index (χ1n) is 6.17. The van der Waals surface area contributed by atoms with E-state index < -0.39 is 0 Å². The fourth-order valence-corrected chi connectivity index (χ4v) is 2.32. The lowest BCUT2D eigenvalue weighted by Gasteiger charge is -2.26. The van der Waals surface area contributed by atoms with Crippen LogP contribution in [0.1, 0.15) is 11.3 Å². The van der Waals surface area contributed by atoms with E-state index >= 15 is 0 Å². The smallest absolute Gasteiger partial charge is 0.224 e. The van der Waals surface area contributed by atoms with E-state index in [1.54, 1.807) is 0 Å². The molecule has 2 heterocycles. The Kier molecular flexibility index (Phi) is 2.80. The molecule has 4 heteroatoms. The zero-order valence-corrected chi connectivity index (χ0v) is 10.3. The fourth-order valence-electron chi connectivity index (χ4n) is 2.32. The Bertz CT molecular complexity index is 584. The molecular weight excluding hydrogens is 228 g/mol. The summed E-state index contributed by atoms with van der Waals surface area (Å²) in [5, 5.41) is 4.10. The average molecular weight is 244 g/mol. The third-order valence-corrected chi connectivity index (χ3v) is 3.37. The van der Waals surface area contributed by atoms with Gasteiger partial charge in [0.15, 0.2) is 0 Å². The molecule has 1 aliphatic heterocycles. The number of H-pyrrole nitrogens is 1. The number of carbonyl (C=O) groups is 1. The number of nitrogens with one attached hydrogen (secondary N) is 2. The van der Waals surface area contributed by atoms with Gasteiger partial charge in [0, 0.05) is 16.6 Å². The lowest BCUT2D eigenvalue weighted by molar-refractivity contribution is -0.124. The first kappa shape index (κ1) is 11.3. The molecule has 0 saturated carbocycles. The van der Waals surface area contributed by atoms with Crippen molar-refractivity contribution in [3.63, 3.8) is 0 Å². The molecule has 18 heavy (non-hydrogen) atoms. The van der Waals surface area contributed by atoms with Crippen molar-refractivity contribution in [1.82, 2.24) is 10.3 Å². The molecule has 0 radical (unpaired) electrons. The van der Waals surface area contributed by atoms with Gasteiger partial charge in [-0.05, 0) is 18.6 Å². The first-order chi connectivity index (χ1) is 8.74. The first-order valence-corrected chi connectivity index (χ1v) is 6.17. The van der Waals surface area contributed by atoms with Crippen LogP contribution in [0.5, 0.6) is 0 Å². The van der Waals surface area contributed by atoms with Gasteiger partial charge in [-0.25, -0.2) is 0 Å². The molecule has 0 bridgehead atoms. The van der Waals surface area contributed by atoms with Crippen LogP contribution in [0.15, 0.2) is 24.3 Å². The van der Waals surface area contributed by atoms with Gasteiger partial charge in [0.05, 0.1) is 25.7 Å². The van der Waals surface area contributed by atoms with Gasteiger partial charge in [-0.15, -0.1) is 0 Å². The molecule has 0 unspecified atom stereocenters. The molecule has 1 saturated heterocycles. The van der Waals surface area contributed by atoms with Crippen molar-refractivity contribution in [2.45, 2.75) is 19.4 Å². The van der Waals surface area contributed by atoms with Crippen molar-refractivity contribution in [3.8, 4) is 0 Å². The van der Waals surface area contributed by atoms with E-state index in [2.05, 4.69) is 10.3 Å². The van der Waals surface area contributed by atoms with Gasteiger partial charge in [-0.1, -0.05) is 18.2 Å². The summed E-state index contributed by atoms with van der Waals surface area (Å²) in [6, 6.07) is 8.27. The summed E-state index contributed by atoms with van der Waals surface area (Å²) >= 11 is 0. The molecule has 0 aliphatic carbocycles. The number of ether oxygens (including phenoxy) is 1. The molecule has 0 atom stereocenters. The van der Waals surface area contributed by atoms with E-state index in [9.17, 15) is 4.79 Å². The maximum Gasteiger partial charge on any atom is 0.224 e. The number of para-hydroxylation sites is 1. The van der Waals surface area contributed by atoms with Gasteiger partial charge in [0.2, 0.25) is 5.91 Å². The number of aromatic amines is 1. The molecule has 2 N–H and O–H groups in total. The highest BCUT2D eigenvalue weighted by Crippen LogP contribution is 2.22. The zero-order valence-electron chi connectivity index (χ0n) is 10.3. The molecule has 2 aromatic rings. The Morgan fingerprint density at radius 2 is 2.22 bits per heavy atom. The molecular formula is C14H16N2O2. The largest absolute Gasteiger partial charge is 0.377 e. The molecule has 1 amide bonds. The summed E-state index contributed by atoms with van der Waals surface area (Å²) in [5.74, 6) is 0.0659. The third-order valence-electron chi connectivity index (χ3n) is 3.37. The Balaban J connectivity index is 1.80. The number of rotatable bonds is 3. The second kappa shape index (κ2) is 4.46. The van der Waals surface area contributed by atoms with Crippen molar-refractivity contribution in [1.29, 1.82) is 0 Å². The minimum Gasteiger partial charge on any atom is -0.377 e. The summed E-state index contributed by atoms with van der Waals surface area (Å²) in [7, 11) is 0. The number of hydrogen-bond donors (Lipinski definition) is 2. The van der Waals surface area contributed by atoms with Crippen LogP contribution in [0.4, 0.5) is 0 Å². The van der Waals surface area contributed by atoms with Crippen LogP contribution in [0.3, 0.4) is 0 Å². The second-order valence-electron chi connectivity index (χ2n) is 4.75. The maximum atomic E-state index is 11.9. The van der Waals surface area contributed by atoms with Crippen molar-refractivity contribution < 1.29 is 9.53 Å². The Hall–Kier alpha value is -1.81. The lowest BCUT2D eigenvalue weighted by Crippen LogP contribution is -2.49. The molecule has 1 aliphatic rings. The monoisotopic (exact) mass is 244 g/mol. The number of aryl methyl sites for hydroxylation is 1. The van der Waals surface area contributed by atoms with Crippen LogP contribution >= 0.6 is 0 Å². The topological polar surface area (TPSA) is 54.1 Å². The van der Waals surface area contributed by atoms with Crippen molar-refractivity contribution in [2.24, 2.45) is 0 Å². The number of fused-ring (bicyclic) bond motifs is 1. The van der Waals surface area contributed by atoms with E-state index in [-0.39, 0.29) is 11.9 Å². The van der Waals surface area contributed by atoms with E-state index in [1.165, 1.54) is 0 Å². The van der Waals surface area contributed by atoms with E-state index in [4.69, 9.17) is 4.74 Å². The molecule has 1 aromatic carbocycles. The molecule has 1 aromatic heterocycles. The van der Waals surface area contributed by atoms with Gasteiger partial charge < -0.3 is 15.0 Å². The van der Waals surface area contributed by atoms with E-state index in [0.29, 0.717) is 19.6 Å². The summed E-state index contributed by atoms with van der Waals surface area (Å²) in [4.78, 5) is 15.2. The molecule has 94 valence electrons. The van der Waals surface area contributed by atoms with Crippen molar-refractivity contribution in [3.05, 3.63) is 35.5 Å². The summed E-state index contributed by atoms with van der Waals surface area (Å²) in [6.45, 7) is 3.28. The van der Waals surface area contributed by atoms with Crippen LogP contribution in [0, 0.1) is 6.92 Å². The third kappa shape index (κ3) is 1.99. The minimum absolute atomic E-state index is 0.0659. The molecule has 4 nitrogen and oxygen atoms in total. The Labute approximate surface area is 105 Å². The highest BCUT2D eigenvalue weighted by atomic mass is 16.5. The minimum atomic E-state index is 0.0659. The second-order valence-corrected chi connectivity index (χ2v) is 4.75. The maximum absolute atomic E-state index is 11.9. The Morgan fingerprint density at radius 1 is 1.44 bits per heavy atom. The summed E-state index contributed by atoms with van der Waals surface area (Å²) in [6.07, 6.45) is 0.423. The highest BCUT2D eigenvalue weighted by molar-refractivity contribution is 5.90. The number of aromatic nitrogens is 1. The number of carbonyl (C=O) groups excluding carboxylic acids is 1. The van der Waals surface area contributed by atoms with Gasteiger partial charge in [-0.2, -0.15) is 0 Å². The van der Waals surface area contributed by atoms with Crippen LogP contribution in [-0.2, 0) is 16.0 Å². The normalized spacial score (nSPS) is 15.6. The standard InChI is InChI=1S/C14H16N2O2/c1-9-12(6-14(17)16-10-7-18-8-10)11-4-2-3-5-13(11)15-9/h2-5,10,15H,6-8H2,1H3,(H,16,17). The predicted octanol–water partition coefficient (Wildman–Crippen LogP) is 1.53. The molecule has 3 rings (SSSR count). The van der Waals surface area contributed by atoms with E-state index in [0.717, 1.165) is 22.2 Å². The van der Waals surface area contributed by atoms with Crippen LogP contribution in [0.2, 0.25) is 0 Å². The van der Waals surface area contributed by atoms with E-state index in [1.807, 2.05) is 31.2 Å². The van der Waals surface area contributed by atoms with Crippen molar-refractivity contribution in [2.75, 3.05) is 13.2 Å². The zero-order chi connectivity index (χ0) is 12.5. The van der Waals surface area contributed by atoms with Crippen LogP contribution < -0.4 is 5.32 Å². The predicted molar refractivity (Wildman–Crippen MR) is 69.5 cm³/mol. The van der Waals surface area contributed by atoms with Crippen molar-refractivity contribution >= 4 is 16.8 Å². The number of hydrogen-bond acceptors (Lipinski definition) is 2.